The van der Waals surface area contributed by atoms with E-state index in [0.717, 1.165) is 36.3 Å². The highest BCUT2D eigenvalue weighted by molar-refractivity contribution is 5.78. The molecule has 36 heavy (non-hydrogen) atoms. The maximum atomic E-state index is 15.5. The summed E-state index contributed by atoms with van der Waals surface area (Å²) in [4.78, 5) is 19.0. The Morgan fingerprint density at radius 1 is 1.19 bits per heavy atom. The van der Waals surface area contributed by atoms with Gasteiger partial charge >= 0.3 is 6.18 Å². The number of carbonyl (C=O) groups excluding carboxylic acids is 1. The Morgan fingerprint density at radius 2 is 1.94 bits per heavy atom. The molecule has 2 aromatic heterocycles. The summed E-state index contributed by atoms with van der Waals surface area (Å²) < 4.78 is 54.8. The Balaban J connectivity index is 1.19. The van der Waals surface area contributed by atoms with E-state index in [1.54, 1.807) is 16.9 Å². The van der Waals surface area contributed by atoms with E-state index >= 15 is 4.39 Å². The standard InChI is InChI=1S/C26H35F4N5O/c1-34-18-19(17-31-34)16-24(36)33-22-4-9-25(27,10-5-22)12-15-35-13-7-20-2-3-21(6-11-26(28,29)30)32-23(20)8-14-35/h2-3,17-18,22H,4-16H2,1H3,(H,33,36)/t22-,25+. The van der Waals surface area contributed by atoms with E-state index in [1.807, 2.05) is 19.3 Å². The Bertz CT molecular complexity index is 1030. The Labute approximate surface area is 209 Å². The number of rotatable bonds is 8. The lowest BCUT2D eigenvalue weighted by Crippen LogP contribution is -2.43. The first-order valence-electron chi connectivity index (χ1n) is 12.8. The number of alkyl halides is 4. The van der Waals surface area contributed by atoms with Gasteiger partial charge < -0.3 is 10.2 Å². The number of carbonyl (C=O) groups is 1. The summed E-state index contributed by atoms with van der Waals surface area (Å²) in [5.41, 5.74) is 2.05. The molecule has 0 saturated heterocycles. The van der Waals surface area contributed by atoms with Crippen molar-refractivity contribution in [1.29, 1.82) is 0 Å². The van der Waals surface area contributed by atoms with Crippen LogP contribution in [-0.4, -0.2) is 63.1 Å². The Morgan fingerprint density at radius 3 is 2.64 bits per heavy atom. The number of fused-ring (bicyclic) bond motifs is 1. The van der Waals surface area contributed by atoms with Crippen molar-refractivity contribution in [2.75, 3.05) is 19.6 Å². The molecule has 1 fully saturated rings. The van der Waals surface area contributed by atoms with Gasteiger partial charge in [0, 0.05) is 63.2 Å². The lowest BCUT2D eigenvalue weighted by atomic mass is 9.81. The van der Waals surface area contributed by atoms with Crippen LogP contribution in [0.25, 0.3) is 0 Å². The van der Waals surface area contributed by atoms with Crippen molar-refractivity contribution in [3.63, 3.8) is 0 Å². The molecular formula is C26H35F4N5O. The van der Waals surface area contributed by atoms with Crippen LogP contribution in [0.4, 0.5) is 17.6 Å². The van der Waals surface area contributed by atoms with Gasteiger partial charge in [-0.05, 0) is 62.1 Å². The van der Waals surface area contributed by atoms with Crippen LogP contribution in [0.1, 0.15) is 61.0 Å². The van der Waals surface area contributed by atoms with Crippen molar-refractivity contribution >= 4 is 5.91 Å². The number of aryl methyl sites for hydroxylation is 2. The first-order chi connectivity index (χ1) is 17.1. The van der Waals surface area contributed by atoms with E-state index in [-0.39, 0.29) is 24.8 Å². The maximum Gasteiger partial charge on any atom is 0.389 e. The molecule has 198 valence electrons. The second-order valence-corrected chi connectivity index (χ2v) is 10.3. The van der Waals surface area contributed by atoms with Crippen LogP contribution >= 0.6 is 0 Å². The second-order valence-electron chi connectivity index (χ2n) is 10.3. The average Bonchev–Trinajstić information content (AvgIpc) is 3.11. The van der Waals surface area contributed by atoms with Crippen LogP contribution in [0.5, 0.6) is 0 Å². The molecule has 0 aromatic carbocycles. The van der Waals surface area contributed by atoms with Crippen LogP contribution in [0, 0.1) is 0 Å². The second kappa shape index (κ2) is 11.3. The van der Waals surface area contributed by atoms with Gasteiger partial charge in [-0.25, -0.2) is 4.39 Å². The molecule has 0 unspecified atom stereocenters. The van der Waals surface area contributed by atoms with Crippen LogP contribution in [-0.2, 0) is 37.5 Å². The highest BCUT2D eigenvalue weighted by Gasteiger charge is 2.36. The van der Waals surface area contributed by atoms with Crippen molar-refractivity contribution in [3.05, 3.63) is 47.0 Å². The topological polar surface area (TPSA) is 63.1 Å². The van der Waals surface area contributed by atoms with E-state index < -0.39 is 18.3 Å². The summed E-state index contributed by atoms with van der Waals surface area (Å²) in [6.45, 7) is 2.16. The minimum absolute atomic E-state index is 0.00310. The highest BCUT2D eigenvalue weighted by Crippen LogP contribution is 2.35. The van der Waals surface area contributed by atoms with Crippen molar-refractivity contribution in [3.8, 4) is 0 Å². The minimum atomic E-state index is -4.18. The fourth-order valence-electron chi connectivity index (χ4n) is 5.22. The first kappa shape index (κ1) is 26.6. The number of hydrogen-bond donors (Lipinski definition) is 1. The Hall–Kier alpha value is -2.49. The smallest absolute Gasteiger partial charge is 0.353 e. The molecule has 0 atom stereocenters. The summed E-state index contributed by atoms with van der Waals surface area (Å²) in [6, 6.07) is 3.60. The van der Waals surface area contributed by atoms with Crippen molar-refractivity contribution in [1.82, 2.24) is 25.0 Å². The summed E-state index contributed by atoms with van der Waals surface area (Å²) >= 11 is 0. The van der Waals surface area contributed by atoms with Gasteiger partial charge in [0.2, 0.25) is 5.91 Å². The normalized spacial score (nSPS) is 23.2. The van der Waals surface area contributed by atoms with E-state index in [1.165, 1.54) is 0 Å². The van der Waals surface area contributed by atoms with Crippen LogP contribution in [0.3, 0.4) is 0 Å². The molecule has 0 spiro atoms. The van der Waals surface area contributed by atoms with E-state index in [0.29, 0.717) is 50.8 Å². The maximum absolute atomic E-state index is 15.5. The van der Waals surface area contributed by atoms with E-state index in [2.05, 4.69) is 20.3 Å². The van der Waals surface area contributed by atoms with Gasteiger partial charge in [0.1, 0.15) is 5.67 Å². The molecule has 2 aliphatic rings. The molecule has 3 heterocycles. The van der Waals surface area contributed by atoms with Crippen LogP contribution in [0.15, 0.2) is 24.5 Å². The summed E-state index contributed by atoms with van der Waals surface area (Å²) in [6.07, 6.45) is 2.64. The molecule has 2 aromatic rings. The molecule has 6 nitrogen and oxygen atoms in total. The predicted molar refractivity (Wildman–Crippen MR) is 128 cm³/mol. The highest BCUT2D eigenvalue weighted by atomic mass is 19.4. The fourth-order valence-corrected chi connectivity index (χ4v) is 5.22. The quantitative estimate of drug-likeness (QED) is 0.544. The van der Waals surface area contributed by atoms with Gasteiger partial charge in [-0.15, -0.1) is 0 Å². The third-order valence-electron chi connectivity index (χ3n) is 7.40. The first-order valence-corrected chi connectivity index (χ1v) is 12.8. The summed E-state index contributed by atoms with van der Waals surface area (Å²) in [7, 11) is 1.81. The zero-order valence-corrected chi connectivity index (χ0v) is 20.8. The molecule has 0 bridgehead atoms. The molecular weight excluding hydrogens is 474 g/mol. The van der Waals surface area contributed by atoms with Crippen LogP contribution in [0.2, 0.25) is 0 Å². The zero-order chi connectivity index (χ0) is 25.8. The van der Waals surface area contributed by atoms with Gasteiger partial charge in [-0.3, -0.25) is 14.5 Å². The molecule has 0 radical (unpaired) electrons. The number of halogens is 4. The molecule has 1 amide bonds. The number of amides is 1. The van der Waals surface area contributed by atoms with Crippen molar-refractivity contribution < 1.29 is 22.4 Å². The summed E-state index contributed by atoms with van der Waals surface area (Å²) in [5.74, 6) is -0.0568. The molecule has 10 heteroatoms. The minimum Gasteiger partial charge on any atom is -0.353 e. The molecule has 4 rings (SSSR count). The lowest BCUT2D eigenvalue weighted by molar-refractivity contribution is -0.134. The average molecular weight is 510 g/mol. The van der Waals surface area contributed by atoms with Gasteiger partial charge in [-0.2, -0.15) is 18.3 Å². The van der Waals surface area contributed by atoms with Crippen molar-refractivity contribution in [2.45, 2.75) is 82.1 Å². The molecule has 1 saturated carbocycles. The molecule has 1 aliphatic carbocycles. The summed E-state index contributed by atoms with van der Waals surface area (Å²) in [5, 5.41) is 7.11. The van der Waals surface area contributed by atoms with E-state index in [9.17, 15) is 18.0 Å². The third kappa shape index (κ3) is 7.75. The SMILES string of the molecule is Cn1cc(CC(=O)N[C@H]2CC[C@](F)(CCN3CCc4ccc(CCC(F)(F)F)nc4CC3)CC2)cn1. The molecule has 1 aliphatic heterocycles. The fraction of sp³-hybridized carbons (Fsp3) is 0.654. The third-order valence-corrected chi connectivity index (χ3v) is 7.40. The number of nitrogens with zero attached hydrogens (tertiary/aromatic N) is 4. The van der Waals surface area contributed by atoms with E-state index in [4.69, 9.17) is 0 Å². The van der Waals surface area contributed by atoms with Gasteiger partial charge in [0.25, 0.3) is 0 Å². The van der Waals surface area contributed by atoms with Crippen LogP contribution < -0.4 is 5.32 Å². The predicted octanol–water partition coefficient (Wildman–Crippen LogP) is 4.11. The number of nitrogens with one attached hydrogen (secondary N) is 1. The van der Waals surface area contributed by atoms with Gasteiger partial charge in [0.05, 0.1) is 12.6 Å². The van der Waals surface area contributed by atoms with Gasteiger partial charge in [-0.1, -0.05) is 6.07 Å². The zero-order valence-electron chi connectivity index (χ0n) is 20.8. The lowest BCUT2D eigenvalue weighted by Gasteiger charge is -2.35. The monoisotopic (exact) mass is 509 g/mol. The molecule has 1 N–H and O–H groups in total. The number of aromatic nitrogens is 3. The largest absolute Gasteiger partial charge is 0.389 e. The Kier molecular flexibility index (Phi) is 8.32. The number of hydrogen-bond acceptors (Lipinski definition) is 4. The van der Waals surface area contributed by atoms with Gasteiger partial charge in [0.15, 0.2) is 0 Å². The van der Waals surface area contributed by atoms with Crippen molar-refractivity contribution in [2.24, 2.45) is 7.05 Å². The number of pyridine rings is 1.